The lowest BCUT2D eigenvalue weighted by atomic mass is 10.2. The zero-order chi connectivity index (χ0) is 13.0. The fraction of sp³-hybridized carbons (Fsp3) is 0.300. The summed E-state index contributed by atoms with van der Waals surface area (Å²) in [5, 5.41) is 19.7. The summed E-state index contributed by atoms with van der Waals surface area (Å²) in [5.41, 5.74) is -0.601. The molecule has 3 N–H and O–H groups in total. The number of carboxylic acid groups (broad SMARTS) is 1. The molecule has 1 unspecified atom stereocenters. The van der Waals surface area contributed by atoms with E-state index in [1.165, 1.54) is 0 Å². The van der Waals surface area contributed by atoms with Crippen molar-refractivity contribution in [1.82, 2.24) is 0 Å². The van der Waals surface area contributed by atoms with Gasteiger partial charge < -0.3 is 15.5 Å². The lowest BCUT2D eigenvalue weighted by Crippen LogP contribution is -2.23. The Balaban J connectivity index is 2.66. The van der Waals surface area contributed by atoms with Crippen molar-refractivity contribution in [2.24, 2.45) is 0 Å². The maximum atomic E-state index is 13.1. The first-order valence-electron chi connectivity index (χ1n) is 4.68. The Morgan fingerprint density at radius 3 is 2.29 bits per heavy atom. The minimum atomic E-state index is -1.30. The van der Waals surface area contributed by atoms with Crippen molar-refractivity contribution in [3.63, 3.8) is 0 Å². The average molecular weight is 249 g/mol. The number of anilines is 1. The van der Waals surface area contributed by atoms with Crippen LogP contribution < -0.4 is 5.32 Å². The number of benzene rings is 1. The van der Waals surface area contributed by atoms with Crippen LogP contribution in [0.15, 0.2) is 12.1 Å². The predicted octanol–water partition coefficient (Wildman–Crippen LogP) is 1.35. The summed E-state index contributed by atoms with van der Waals surface area (Å²) in [5.74, 6) is -4.59. The van der Waals surface area contributed by atoms with E-state index in [1.54, 1.807) is 0 Å². The van der Waals surface area contributed by atoms with Crippen LogP contribution in [0, 0.1) is 17.5 Å². The van der Waals surface area contributed by atoms with Crippen molar-refractivity contribution in [1.29, 1.82) is 0 Å². The van der Waals surface area contributed by atoms with Crippen molar-refractivity contribution in [3.8, 4) is 0 Å². The fourth-order valence-corrected chi connectivity index (χ4v) is 1.20. The number of carbonyl (C=O) groups is 1. The molecule has 1 aromatic carbocycles. The van der Waals surface area contributed by atoms with Crippen LogP contribution >= 0.6 is 0 Å². The number of hydrogen-bond donors (Lipinski definition) is 3. The molecule has 1 rings (SSSR count). The smallest absolute Gasteiger partial charge is 0.306 e. The molecule has 0 spiro atoms. The topological polar surface area (TPSA) is 69.6 Å². The number of rotatable bonds is 5. The highest BCUT2D eigenvalue weighted by Gasteiger charge is 2.14. The lowest BCUT2D eigenvalue weighted by molar-refractivity contribution is -0.138. The molecular weight excluding hydrogens is 239 g/mol. The Bertz CT molecular complexity index is 402. The Hall–Kier alpha value is -1.76. The second kappa shape index (κ2) is 5.53. The van der Waals surface area contributed by atoms with E-state index < -0.39 is 41.6 Å². The quantitative estimate of drug-likeness (QED) is 0.736. The molecule has 1 aromatic rings. The number of aliphatic carboxylic acids is 1. The zero-order valence-electron chi connectivity index (χ0n) is 8.58. The average Bonchev–Trinajstić information content (AvgIpc) is 2.14. The summed E-state index contributed by atoms with van der Waals surface area (Å²) in [6.07, 6.45) is -1.85. The molecule has 0 amide bonds. The first kappa shape index (κ1) is 13.3. The minimum absolute atomic E-state index is 0.355. The van der Waals surface area contributed by atoms with Crippen molar-refractivity contribution in [3.05, 3.63) is 29.6 Å². The summed E-state index contributed by atoms with van der Waals surface area (Å²) in [4.78, 5) is 10.2. The van der Waals surface area contributed by atoms with E-state index in [4.69, 9.17) is 10.2 Å². The van der Waals surface area contributed by atoms with Crippen LogP contribution in [0.4, 0.5) is 18.9 Å². The largest absolute Gasteiger partial charge is 0.481 e. The molecule has 0 bridgehead atoms. The molecule has 0 aliphatic heterocycles. The Morgan fingerprint density at radius 2 is 1.82 bits per heavy atom. The number of hydrogen-bond acceptors (Lipinski definition) is 3. The van der Waals surface area contributed by atoms with Gasteiger partial charge in [0, 0.05) is 18.7 Å². The van der Waals surface area contributed by atoms with E-state index in [1.807, 2.05) is 0 Å². The van der Waals surface area contributed by atoms with Crippen LogP contribution in [0.2, 0.25) is 0 Å². The van der Waals surface area contributed by atoms with Crippen LogP contribution in [-0.4, -0.2) is 28.8 Å². The highest BCUT2D eigenvalue weighted by Crippen LogP contribution is 2.20. The standard InChI is InChI=1S/C10H10F3NO3/c11-5-1-7(12)10(8(13)2-5)14-4-6(15)3-9(16)17/h1-2,6,14-15H,3-4H2,(H,16,17). The second-order valence-corrected chi connectivity index (χ2v) is 3.38. The summed E-state index contributed by atoms with van der Waals surface area (Å²) >= 11 is 0. The van der Waals surface area contributed by atoms with Crippen LogP contribution in [0.3, 0.4) is 0 Å². The molecule has 0 radical (unpaired) electrons. The monoisotopic (exact) mass is 249 g/mol. The molecule has 0 aromatic heterocycles. The second-order valence-electron chi connectivity index (χ2n) is 3.38. The molecule has 0 aliphatic carbocycles. The molecule has 4 nitrogen and oxygen atoms in total. The predicted molar refractivity (Wildman–Crippen MR) is 53.1 cm³/mol. The molecular formula is C10H10F3NO3. The molecule has 7 heteroatoms. The van der Waals surface area contributed by atoms with E-state index in [-0.39, 0.29) is 6.54 Å². The summed E-state index contributed by atoms with van der Waals surface area (Å²) < 4.78 is 38.7. The fourth-order valence-electron chi connectivity index (χ4n) is 1.20. The Kier molecular flexibility index (Phi) is 4.33. The Labute approximate surface area is 94.7 Å². The van der Waals surface area contributed by atoms with Gasteiger partial charge in [-0.05, 0) is 0 Å². The summed E-state index contributed by atoms with van der Waals surface area (Å²) in [7, 11) is 0. The van der Waals surface area contributed by atoms with Crippen LogP contribution in [-0.2, 0) is 4.79 Å². The maximum Gasteiger partial charge on any atom is 0.306 e. The van der Waals surface area contributed by atoms with Crippen LogP contribution in [0.1, 0.15) is 6.42 Å². The third kappa shape index (κ3) is 3.95. The molecule has 17 heavy (non-hydrogen) atoms. The third-order valence-electron chi connectivity index (χ3n) is 1.93. The van der Waals surface area contributed by atoms with Gasteiger partial charge in [-0.25, -0.2) is 13.2 Å². The van der Waals surface area contributed by atoms with Gasteiger partial charge in [0.25, 0.3) is 0 Å². The van der Waals surface area contributed by atoms with Gasteiger partial charge in [-0.3, -0.25) is 4.79 Å². The zero-order valence-corrected chi connectivity index (χ0v) is 8.58. The van der Waals surface area contributed by atoms with Gasteiger partial charge in [0.15, 0.2) is 11.6 Å². The lowest BCUT2D eigenvalue weighted by Gasteiger charge is -2.12. The number of nitrogens with one attached hydrogen (secondary N) is 1. The minimum Gasteiger partial charge on any atom is -0.481 e. The normalized spacial score (nSPS) is 12.2. The molecule has 0 saturated heterocycles. The molecule has 94 valence electrons. The SMILES string of the molecule is O=C(O)CC(O)CNc1c(F)cc(F)cc1F. The van der Waals surface area contributed by atoms with Crippen LogP contribution in [0.25, 0.3) is 0 Å². The number of aliphatic hydroxyl groups excluding tert-OH is 1. The van der Waals surface area contributed by atoms with Crippen molar-refractivity contribution < 1.29 is 28.2 Å². The van der Waals surface area contributed by atoms with Gasteiger partial charge >= 0.3 is 5.97 Å². The van der Waals surface area contributed by atoms with Crippen molar-refractivity contribution >= 4 is 11.7 Å². The molecule has 0 fully saturated rings. The van der Waals surface area contributed by atoms with Crippen molar-refractivity contribution in [2.75, 3.05) is 11.9 Å². The van der Waals surface area contributed by atoms with Crippen molar-refractivity contribution in [2.45, 2.75) is 12.5 Å². The van der Waals surface area contributed by atoms with Gasteiger partial charge in [-0.1, -0.05) is 0 Å². The van der Waals surface area contributed by atoms with Crippen LogP contribution in [0.5, 0.6) is 0 Å². The van der Waals surface area contributed by atoms with E-state index in [2.05, 4.69) is 5.32 Å². The summed E-state index contributed by atoms with van der Waals surface area (Å²) in [6.45, 7) is -0.355. The Morgan fingerprint density at radius 1 is 1.29 bits per heavy atom. The molecule has 0 aliphatic rings. The van der Waals surface area contributed by atoms with E-state index in [0.717, 1.165) is 0 Å². The van der Waals surface area contributed by atoms with E-state index in [0.29, 0.717) is 12.1 Å². The van der Waals surface area contributed by atoms with E-state index >= 15 is 0 Å². The third-order valence-corrected chi connectivity index (χ3v) is 1.93. The molecule has 1 atom stereocenters. The van der Waals surface area contributed by atoms with E-state index in [9.17, 15) is 18.0 Å². The number of aliphatic hydroxyl groups is 1. The van der Waals surface area contributed by atoms with Gasteiger partial charge in [0.2, 0.25) is 0 Å². The number of halogens is 3. The highest BCUT2D eigenvalue weighted by atomic mass is 19.1. The van der Waals surface area contributed by atoms with Gasteiger partial charge in [-0.15, -0.1) is 0 Å². The van der Waals surface area contributed by atoms with Gasteiger partial charge in [0.1, 0.15) is 11.5 Å². The molecule has 0 saturated carbocycles. The van der Waals surface area contributed by atoms with Gasteiger partial charge in [0.05, 0.1) is 12.5 Å². The highest BCUT2D eigenvalue weighted by molar-refractivity contribution is 5.67. The molecule has 0 heterocycles. The number of carboxylic acids is 1. The summed E-state index contributed by atoms with van der Waals surface area (Å²) in [6, 6.07) is 0.962. The maximum absolute atomic E-state index is 13.1. The first-order valence-corrected chi connectivity index (χ1v) is 4.68. The first-order chi connectivity index (χ1) is 7.90. The van der Waals surface area contributed by atoms with Gasteiger partial charge in [-0.2, -0.15) is 0 Å².